The largest absolute Gasteiger partial charge is 0.481 e. The molecule has 0 spiro atoms. The van der Waals surface area contributed by atoms with Crippen LogP contribution in [-0.2, 0) is 19.1 Å². The second-order valence-corrected chi connectivity index (χ2v) is 14.9. The zero-order valence-corrected chi connectivity index (χ0v) is 32.8. The smallest absolute Gasteiger partial charge is 0.317 e. The molecule has 1 rings (SSSR count). The Morgan fingerprint density at radius 3 is 1.31 bits per heavy atom. The molecular weight excluding hydrogens is 614 g/mol. The number of carbonyl (C=O) groups is 3. The van der Waals surface area contributed by atoms with Gasteiger partial charge in [0.2, 0.25) is 0 Å². The number of cyclic esters (lactones) is 2. The monoisotopic (exact) mass is 698 g/mol. The molecule has 0 aromatic rings. The van der Waals surface area contributed by atoms with Gasteiger partial charge in [-0.15, -0.1) is 0 Å². The first-order chi connectivity index (χ1) is 23.8. The van der Waals surface area contributed by atoms with Crippen molar-refractivity contribution in [1.82, 2.24) is 0 Å². The number of aliphatic hydroxyl groups is 1. The summed E-state index contributed by atoms with van der Waals surface area (Å²) < 4.78 is 4.58. The van der Waals surface area contributed by atoms with Crippen molar-refractivity contribution in [3.05, 3.63) is 0 Å². The fraction of sp³-hybridized carbons (Fsp3) is 0.929. The highest BCUT2D eigenvalue weighted by Crippen LogP contribution is 2.23. The second-order valence-electron chi connectivity index (χ2n) is 14.9. The Labute approximate surface area is 303 Å². The van der Waals surface area contributed by atoms with Crippen molar-refractivity contribution >= 4 is 17.9 Å². The van der Waals surface area contributed by atoms with E-state index in [1.807, 2.05) is 0 Å². The SMILES string of the molecule is CC(C)CCCCCCCCCCCCCCC(=O)O.CCCCCCCCCCCCCCCCCCC1CC(=O)OC1=O.NCCO. The molecule has 0 radical (unpaired) electrons. The Morgan fingerprint density at radius 2 is 1.00 bits per heavy atom. The van der Waals surface area contributed by atoms with E-state index in [0.29, 0.717) is 19.4 Å². The number of carbonyl (C=O) groups excluding carboxylic acids is 2. The highest BCUT2D eigenvalue weighted by Gasteiger charge is 2.32. The van der Waals surface area contributed by atoms with E-state index in [-0.39, 0.29) is 24.5 Å². The lowest BCUT2D eigenvalue weighted by atomic mass is 9.98. The van der Waals surface area contributed by atoms with E-state index >= 15 is 0 Å². The minimum Gasteiger partial charge on any atom is -0.481 e. The normalized spacial score (nSPS) is 14.0. The molecule has 1 unspecified atom stereocenters. The minimum atomic E-state index is -0.654. The number of esters is 2. The maximum atomic E-state index is 11.3. The summed E-state index contributed by atoms with van der Waals surface area (Å²) in [5, 5.41) is 16.3. The van der Waals surface area contributed by atoms with Crippen molar-refractivity contribution in [2.75, 3.05) is 13.2 Å². The standard InChI is InChI=1S/C22H40O3.C18H36O2.C2H7NO/c1-2-3-4-5-6-7-8-9-10-11-12-13-14-15-16-17-18-20-19-21(23)25-22(20)24;1-17(2)15-13-11-9-7-5-3-4-6-8-10-12-14-16-18(19)20;3-1-2-4/h20H,2-19H2,1H3;17H,3-16H2,1-2H3,(H,19,20);4H,1-3H2. The van der Waals surface area contributed by atoms with Crippen LogP contribution in [0.25, 0.3) is 0 Å². The maximum Gasteiger partial charge on any atom is 0.317 e. The lowest BCUT2D eigenvalue weighted by Gasteiger charge is -2.05. The van der Waals surface area contributed by atoms with Gasteiger partial charge in [0, 0.05) is 13.0 Å². The predicted molar refractivity (Wildman–Crippen MR) is 207 cm³/mol. The summed E-state index contributed by atoms with van der Waals surface area (Å²) in [5.74, 6) is -0.583. The fourth-order valence-electron chi connectivity index (χ4n) is 6.28. The highest BCUT2D eigenvalue weighted by molar-refractivity contribution is 5.94. The summed E-state index contributed by atoms with van der Waals surface area (Å²) in [4.78, 5) is 32.7. The van der Waals surface area contributed by atoms with Crippen LogP contribution in [0.5, 0.6) is 0 Å². The molecule has 1 atom stereocenters. The van der Waals surface area contributed by atoms with Crippen LogP contribution in [-0.4, -0.2) is 41.3 Å². The van der Waals surface area contributed by atoms with Crippen LogP contribution in [0.3, 0.4) is 0 Å². The lowest BCUT2D eigenvalue weighted by molar-refractivity contribution is -0.153. The molecule has 0 bridgehead atoms. The quantitative estimate of drug-likeness (QED) is 0.0354. The van der Waals surface area contributed by atoms with Gasteiger partial charge in [-0.25, -0.2) is 0 Å². The highest BCUT2D eigenvalue weighted by atomic mass is 16.6. The van der Waals surface area contributed by atoms with E-state index in [1.54, 1.807) is 0 Å². The molecule has 0 amide bonds. The first-order valence-corrected chi connectivity index (χ1v) is 21.1. The average Bonchev–Trinajstić information content (AvgIpc) is 3.40. The van der Waals surface area contributed by atoms with Gasteiger partial charge >= 0.3 is 17.9 Å². The number of hydrogen-bond donors (Lipinski definition) is 3. The van der Waals surface area contributed by atoms with Crippen LogP contribution in [0.2, 0.25) is 0 Å². The number of carboxylic acids is 1. The number of aliphatic carboxylic acids is 1. The van der Waals surface area contributed by atoms with Crippen LogP contribution < -0.4 is 5.73 Å². The maximum absolute atomic E-state index is 11.3. The van der Waals surface area contributed by atoms with Gasteiger partial charge in [-0.3, -0.25) is 14.4 Å². The van der Waals surface area contributed by atoms with Crippen LogP contribution in [0.4, 0.5) is 0 Å². The van der Waals surface area contributed by atoms with Crippen LogP contribution in [0, 0.1) is 11.8 Å². The Hall–Kier alpha value is -1.47. The first-order valence-electron chi connectivity index (χ1n) is 21.1. The number of nitrogens with two attached hydrogens (primary N) is 1. The van der Waals surface area contributed by atoms with Gasteiger partial charge in [-0.2, -0.15) is 0 Å². The zero-order chi connectivity index (χ0) is 36.6. The summed E-state index contributed by atoms with van der Waals surface area (Å²) in [6, 6.07) is 0. The fourth-order valence-corrected chi connectivity index (χ4v) is 6.28. The number of ether oxygens (including phenoxy) is 1. The third-order valence-corrected chi connectivity index (χ3v) is 9.42. The summed E-state index contributed by atoms with van der Waals surface area (Å²) in [5.41, 5.74) is 4.78. The Kier molecular flexibility index (Phi) is 41.5. The Bertz CT molecular complexity index is 711. The molecule has 49 heavy (non-hydrogen) atoms. The molecule has 1 saturated heterocycles. The molecule has 7 heteroatoms. The summed E-state index contributed by atoms with van der Waals surface area (Å²) in [6.45, 7) is 7.36. The van der Waals surface area contributed by atoms with Gasteiger partial charge in [0.15, 0.2) is 0 Å². The lowest BCUT2D eigenvalue weighted by Crippen LogP contribution is -2.06. The van der Waals surface area contributed by atoms with E-state index < -0.39 is 5.97 Å². The predicted octanol–water partition coefficient (Wildman–Crippen LogP) is 11.9. The van der Waals surface area contributed by atoms with Gasteiger partial charge in [-0.1, -0.05) is 201 Å². The van der Waals surface area contributed by atoms with E-state index in [2.05, 4.69) is 25.5 Å². The van der Waals surface area contributed by atoms with Crippen molar-refractivity contribution in [2.24, 2.45) is 17.6 Å². The number of aliphatic hydroxyl groups excluding tert-OH is 1. The van der Waals surface area contributed by atoms with Crippen LogP contribution in [0.1, 0.15) is 226 Å². The van der Waals surface area contributed by atoms with E-state index in [1.165, 1.54) is 167 Å². The molecule has 4 N–H and O–H groups in total. The second kappa shape index (κ2) is 41.0. The molecule has 0 saturated carbocycles. The van der Waals surface area contributed by atoms with E-state index in [9.17, 15) is 14.4 Å². The first kappa shape index (κ1) is 49.6. The van der Waals surface area contributed by atoms with Crippen molar-refractivity contribution < 1.29 is 29.3 Å². The van der Waals surface area contributed by atoms with Crippen LogP contribution in [0.15, 0.2) is 0 Å². The molecular formula is C42H83NO6. The van der Waals surface area contributed by atoms with Crippen molar-refractivity contribution in [1.29, 1.82) is 0 Å². The molecule has 0 aromatic carbocycles. The number of hydrogen-bond acceptors (Lipinski definition) is 6. The zero-order valence-electron chi connectivity index (χ0n) is 32.8. The Balaban J connectivity index is 0. The van der Waals surface area contributed by atoms with E-state index in [0.717, 1.165) is 31.6 Å². The van der Waals surface area contributed by atoms with Gasteiger partial charge in [0.1, 0.15) is 0 Å². The summed E-state index contributed by atoms with van der Waals surface area (Å²) in [7, 11) is 0. The van der Waals surface area contributed by atoms with Crippen LogP contribution >= 0.6 is 0 Å². The van der Waals surface area contributed by atoms with Gasteiger partial charge in [0.25, 0.3) is 0 Å². The molecule has 1 fully saturated rings. The third-order valence-electron chi connectivity index (χ3n) is 9.42. The molecule has 0 aromatic heterocycles. The van der Waals surface area contributed by atoms with Gasteiger partial charge in [0.05, 0.1) is 18.9 Å². The van der Waals surface area contributed by atoms with Gasteiger partial charge in [-0.05, 0) is 18.8 Å². The topological polar surface area (TPSA) is 127 Å². The van der Waals surface area contributed by atoms with Crippen molar-refractivity contribution in [3.63, 3.8) is 0 Å². The number of carboxylic acid groups (broad SMARTS) is 1. The molecule has 292 valence electrons. The third kappa shape index (κ3) is 42.6. The summed E-state index contributed by atoms with van der Waals surface area (Å²) >= 11 is 0. The van der Waals surface area contributed by atoms with Crippen molar-refractivity contribution in [3.8, 4) is 0 Å². The molecule has 7 nitrogen and oxygen atoms in total. The molecule has 0 aliphatic carbocycles. The molecule has 1 heterocycles. The number of unbranched alkanes of at least 4 members (excludes halogenated alkanes) is 26. The number of rotatable bonds is 33. The summed E-state index contributed by atoms with van der Waals surface area (Å²) in [6.07, 6.45) is 40.1. The van der Waals surface area contributed by atoms with Crippen molar-refractivity contribution in [2.45, 2.75) is 226 Å². The minimum absolute atomic E-state index is 0.0972. The average molecular weight is 698 g/mol. The molecule has 1 aliphatic rings. The Morgan fingerprint density at radius 1 is 0.653 bits per heavy atom. The van der Waals surface area contributed by atoms with E-state index in [4.69, 9.17) is 15.9 Å². The van der Waals surface area contributed by atoms with Gasteiger partial charge < -0.3 is 20.7 Å². The molecule has 1 aliphatic heterocycles.